The second kappa shape index (κ2) is 6.45. The van der Waals surface area contributed by atoms with E-state index in [1.807, 2.05) is 36.4 Å². The smallest absolute Gasteiger partial charge is 0.342 e. The zero-order valence-corrected chi connectivity index (χ0v) is 14.5. The van der Waals surface area contributed by atoms with E-state index in [9.17, 15) is 9.90 Å². The lowest BCUT2D eigenvalue weighted by Crippen LogP contribution is -2.28. The zero-order valence-electron chi connectivity index (χ0n) is 13.7. The Hall–Kier alpha value is -2.88. The van der Waals surface area contributed by atoms with Crippen LogP contribution in [0, 0.1) is 0 Å². The van der Waals surface area contributed by atoms with Gasteiger partial charge in [0.2, 0.25) is 0 Å². The van der Waals surface area contributed by atoms with Gasteiger partial charge in [-0.05, 0) is 23.3 Å². The number of carbonyl (C=O) groups excluding carboxylic acids is 1. The van der Waals surface area contributed by atoms with Gasteiger partial charge in [-0.3, -0.25) is 0 Å². The van der Waals surface area contributed by atoms with Crippen molar-refractivity contribution in [3.8, 4) is 0 Å². The number of halogens is 1. The highest BCUT2D eigenvalue weighted by Gasteiger charge is 2.48. The highest BCUT2D eigenvalue weighted by Crippen LogP contribution is 2.48. The third-order valence-corrected chi connectivity index (χ3v) is 4.65. The molecule has 128 valence electrons. The average molecular weight is 363 g/mol. The van der Waals surface area contributed by atoms with Gasteiger partial charge in [0, 0.05) is 10.6 Å². The Bertz CT molecular complexity index is 979. The van der Waals surface area contributed by atoms with Crippen LogP contribution in [0.4, 0.5) is 0 Å². The van der Waals surface area contributed by atoms with E-state index in [0.29, 0.717) is 27.3 Å². The van der Waals surface area contributed by atoms with Gasteiger partial charge in [0.15, 0.2) is 0 Å². The van der Waals surface area contributed by atoms with Crippen LogP contribution in [-0.2, 0) is 15.3 Å². The van der Waals surface area contributed by atoms with E-state index in [0.717, 1.165) is 5.56 Å². The maximum atomic E-state index is 12.8. The van der Waals surface area contributed by atoms with Crippen molar-refractivity contribution >= 4 is 28.7 Å². The molecular formula is C22H15ClO3. The van der Waals surface area contributed by atoms with Gasteiger partial charge in [-0.2, -0.15) is 0 Å². The Morgan fingerprint density at radius 3 is 1.96 bits per heavy atom. The molecule has 1 atom stereocenters. The third-order valence-electron chi connectivity index (χ3n) is 4.39. The summed E-state index contributed by atoms with van der Waals surface area (Å²) < 4.78 is 5.51. The van der Waals surface area contributed by atoms with Gasteiger partial charge in [-0.15, -0.1) is 0 Å². The molecule has 0 aromatic heterocycles. The van der Waals surface area contributed by atoms with E-state index in [2.05, 4.69) is 0 Å². The van der Waals surface area contributed by atoms with Crippen molar-refractivity contribution in [2.45, 2.75) is 5.79 Å². The van der Waals surface area contributed by atoms with Crippen molar-refractivity contribution in [2.24, 2.45) is 0 Å². The van der Waals surface area contributed by atoms with E-state index >= 15 is 0 Å². The zero-order chi connectivity index (χ0) is 18.1. The van der Waals surface area contributed by atoms with Crippen LogP contribution < -0.4 is 0 Å². The summed E-state index contributed by atoms with van der Waals surface area (Å²) in [6.07, 6.45) is 0. The van der Waals surface area contributed by atoms with E-state index in [1.54, 1.807) is 48.5 Å². The Balaban J connectivity index is 2.00. The third kappa shape index (κ3) is 2.71. The number of ether oxygens (including phenoxy) is 1. The van der Waals surface area contributed by atoms with Crippen LogP contribution in [0.15, 0.2) is 84.9 Å². The minimum Gasteiger partial charge on any atom is -0.421 e. The lowest BCUT2D eigenvalue weighted by atomic mass is 9.87. The normalized spacial score (nSPS) is 19.5. The molecule has 0 amide bonds. The lowest BCUT2D eigenvalue weighted by Gasteiger charge is -2.25. The van der Waals surface area contributed by atoms with Crippen molar-refractivity contribution in [3.05, 3.63) is 107 Å². The molecule has 0 saturated carbocycles. The fourth-order valence-electron chi connectivity index (χ4n) is 3.20. The van der Waals surface area contributed by atoms with Gasteiger partial charge in [-0.1, -0.05) is 84.4 Å². The summed E-state index contributed by atoms with van der Waals surface area (Å²) >= 11 is 5.98. The molecule has 0 saturated heterocycles. The van der Waals surface area contributed by atoms with Gasteiger partial charge in [-0.25, -0.2) is 4.79 Å². The molecule has 3 nitrogen and oxygen atoms in total. The summed E-state index contributed by atoms with van der Waals surface area (Å²) in [7, 11) is 0. The quantitative estimate of drug-likeness (QED) is 0.690. The maximum Gasteiger partial charge on any atom is 0.342 e. The largest absolute Gasteiger partial charge is 0.421 e. The number of esters is 1. The van der Waals surface area contributed by atoms with Gasteiger partial charge >= 0.3 is 5.97 Å². The standard InChI is InChI=1S/C22H15ClO3/c23-18-13-11-15(12-14-18)19-20(16-7-3-1-4-8-16)22(25,26-21(19)24)17-9-5-2-6-10-17/h1-14,25H. The van der Waals surface area contributed by atoms with Crippen LogP contribution in [-0.4, -0.2) is 11.1 Å². The summed E-state index contributed by atoms with van der Waals surface area (Å²) in [6, 6.07) is 25.1. The summed E-state index contributed by atoms with van der Waals surface area (Å²) in [5.41, 5.74) is 2.62. The van der Waals surface area contributed by atoms with E-state index in [1.165, 1.54) is 0 Å². The fraction of sp³-hybridized carbons (Fsp3) is 0.0455. The first-order valence-electron chi connectivity index (χ1n) is 8.17. The molecule has 26 heavy (non-hydrogen) atoms. The molecule has 1 heterocycles. The van der Waals surface area contributed by atoms with Crippen molar-refractivity contribution < 1.29 is 14.6 Å². The number of cyclic esters (lactones) is 1. The van der Waals surface area contributed by atoms with Crippen LogP contribution in [0.1, 0.15) is 16.7 Å². The molecule has 0 spiro atoms. The van der Waals surface area contributed by atoms with Crippen LogP contribution in [0.2, 0.25) is 5.02 Å². The molecule has 1 aliphatic heterocycles. The number of hydrogen-bond acceptors (Lipinski definition) is 3. The predicted octanol–water partition coefficient (Wildman–Crippen LogP) is 4.65. The summed E-state index contributed by atoms with van der Waals surface area (Å²) in [5, 5.41) is 12.0. The van der Waals surface area contributed by atoms with E-state index < -0.39 is 11.8 Å². The summed E-state index contributed by atoms with van der Waals surface area (Å²) in [4.78, 5) is 12.8. The average Bonchev–Trinajstić information content (AvgIpc) is 2.95. The van der Waals surface area contributed by atoms with Crippen molar-refractivity contribution in [1.29, 1.82) is 0 Å². The molecule has 3 aromatic rings. The first kappa shape index (κ1) is 16.6. The molecule has 1 unspecified atom stereocenters. The molecule has 4 rings (SSSR count). The van der Waals surface area contributed by atoms with Gasteiger partial charge in [0.1, 0.15) is 0 Å². The van der Waals surface area contributed by atoms with Crippen molar-refractivity contribution in [1.82, 2.24) is 0 Å². The number of rotatable bonds is 3. The number of carbonyl (C=O) groups is 1. The van der Waals surface area contributed by atoms with Crippen molar-refractivity contribution in [2.75, 3.05) is 0 Å². The van der Waals surface area contributed by atoms with E-state index in [4.69, 9.17) is 16.3 Å². The minimum atomic E-state index is -1.85. The topological polar surface area (TPSA) is 46.5 Å². The number of hydrogen-bond donors (Lipinski definition) is 1. The molecule has 1 aliphatic rings. The molecule has 4 heteroatoms. The molecule has 0 aliphatic carbocycles. The highest BCUT2D eigenvalue weighted by molar-refractivity contribution is 6.31. The Morgan fingerprint density at radius 1 is 0.769 bits per heavy atom. The highest BCUT2D eigenvalue weighted by atomic mass is 35.5. The van der Waals surface area contributed by atoms with Crippen molar-refractivity contribution in [3.63, 3.8) is 0 Å². The maximum absolute atomic E-state index is 12.8. The molecule has 3 aromatic carbocycles. The van der Waals surface area contributed by atoms with E-state index in [-0.39, 0.29) is 0 Å². The molecular weight excluding hydrogens is 348 g/mol. The van der Waals surface area contributed by atoms with Gasteiger partial charge < -0.3 is 9.84 Å². The molecule has 1 N–H and O–H groups in total. The lowest BCUT2D eigenvalue weighted by molar-refractivity contribution is -0.178. The molecule has 0 radical (unpaired) electrons. The van der Waals surface area contributed by atoms with Crippen LogP contribution in [0.25, 0.3) is 11.1 Å². The van der Waals surface area contributed by atoms with Crippen LogP contribution in [0.5, 0.6) is 0 Å². The van der Waals surface area contributed by atoms with Gasteiger partial charge in [0.25, 0.3) is 5.79 Å². The number of benzene rings is 3. The fourth-order valence-corrected chi connectivity index (χ4v) is 3.32. The second-order valence-corrected chi connectivity index (χ2v) is 6.46. The first-order valence-corrected chi connectivity index (χ1v) is 8.55. The van der Waals surface area contributed by atoms with Crippen LogP contribution in [0.3, 0.4) is 0 Å². The molecule has 0 fully saturated rings. The Kier molecular flexibility index (Phi) is 4.11. The predicted molar refractivity (Wildman–Crippen MR) is 101 cm³/mol. The molecule has 0 bridgehead atoms. The first-order chi connectivity index (χ1) is 12.6. The summed E-state index contributed by atoms with van der Waals surface area (Å²) in [6.45, 7) is 0. The summed E-state index contributed by atoms with van der Waals surface area (Å²) in [5.74, 6) is -2.42. The monoisotopic (exact) mass is 362 g/mol. The van der Waals surface area contributed by atoms with Gasteiger partial charge in [0.05, 0.1) is 11.1 Å². The SMILES string of the molecule is O=C1OC(O)(c2ccccc2)C(c2ccccc2)=C1c1ccc(Cl)cc1. The Morgan fingerprint density at radius 2 is 1.35 bits per heavy atom. The number of aliphatic hydroxyl groups is 1. The van der Waals surface area contributed by atoms with Crippen LogP contribution >= 0.6 is 11.6 Å². The minimum absolute atomic E-state index is 0.333. The second-order valence-electron chi connectivity index (χ2n) is 6.02. The Labute approximate surface area is 156 Å².